The van der Waals surface area contributed by atoms with Crippen molar-refractivity contribution >= 4 is 29.3 Å². The third-order valence-corrected chi connectivity index (χ3v) is 4.22. The molecule has 4 nitrogen and oxygen atoms in total. The first kappa shape index (κ1) is 15.9. The van der Waals surface area contributed by atoms with Crippen molar-refractivity contribution < 1.29 is 9.90 Å². The zero-order valence-electron chi connectivity index (χ0n) is 12.4. The number of carboxylic acids is 1. The number of aliphatic carboxylic acids is 1. The number of rotatable bonds is 4. The lowest BCUT2D eigenvalue weighted by Gasteiger charge is -2.38. The molecule has 1 atom stereocenters. The van der Waals surface area contributed by atoms with E-state index in [0.717, 1.165) is 36.8 Å². The van der Waals surface area contributed by atoms with Gasteiger partial charge in [0.1, 0.15) is 0 Å². The molecule has 1 aromatic carbocycles. The van der Waals surface area contributed by atoms with Crippen LogP contribution in [0, 0.1) is 0 Å². The van der Waals surface area contributed by atoms with Gasteiger partial charge < -0.3 is 14.9 Å². The monoisotopic (exact) mass is 308 g/mol. The Morgan fingerprint density at radius 1 is 1.48 bits per heavy atom. The molecule has 0 aliphatic carbocycles. The SMILES string of the molecule is CN(C)C1CCCN(c2cccc(Cl)c2C=CC(=O)O)C1. The van der Waals surface area contributed by atoms with Crippen LogP contribution in [-0.4, -0.2) is 49.2 Å². The lowest BCUT2D eigenvalue weighted by molar-refractivity contribution is -0.131. The molecule has 1 unspecified atom stereocenters. The van der Waals surface area contributed by atoms with Crippen molar-refractivity contribution in [3.05, 3.63) is 34.9 Å². The van der Waals surface area contributed by atoms with E-state index in [1.165, 1.54) is 6.42 Å². The first-order valence-electron chi connectivity index (χ1n) is 7.10. The van der Waals surface area contributed by atoms with Crippen LogP contribution < -0.4 is 4.90 Å². The molecule has 21 heavy (non-hydrogen) atoms. The zero-order chi connectivity index (χ0) is 15.4. The van der Waals surface area contributed by atoms with E-state index < -0.39 is 5.97 Å². The van der Waals surface area contributed by atoms with Crippen LogP contribution in [0.5, 0.6) is 0 Å². The second kappa shape index (κ2) is 6.96. The summed E-state index contributed by atoms with van der Waals surface area (Å²) in [6.07, 6.45) is 5.03. The highest BCUT2D eigenvalue weighted by atomic mass is 35.5. The van der Waals surface area contributed by atoms with Crippen molar-refractivity contribution in [3.8, 4) is 0 Å². The maximum Gasteiger partial charge on any atom is 0.328 e. The Morgan fingerprint density at radius 2 is 2.24 bits per heavy atom. The molecule has 114 valence electrons. The molecule has 1 N–H and O–H groups in total. The van der Waals surface area contributed by atoms with Crippen molar-refractivity contribution in [1.82, 2.24) is 4.90 Å². The van der Waals surface area contributed by atoms with E-state index in [4.69, 9.17) is 16.7 Å². The van der Waals surface area contributed by atoms with Gasteiger partial charge in [-0.05, 0) is 45.1 Å². The van der Waals surface area contributed by atoms with Gasteiger partial charge in [0.2, 0.25) is 0 Å². The van der Waals surface area contributed by atoms with Crippen LogP contribution in [0.25, 0.3) is 6.08 Å². The number of benzene rings is 1. The van der Waals surface area contributed by atoms with Crippen LogP contribution in [0.2, 0.25) is 5.02 Å². The molecule has 0 amide bonds. The summed E-state index contributed by atoms with van der Waals surface area (Å²) in [4.78, 5) is 15.3. The molecule has 0 bridgehead atoms. The first-order chi connectivity index (χ1) is 9.99. The van der Waals surface area contributed by atoms with Gasteiger partial charge in [-0.25, -0.2) is 4.79 Å². The molecule has 0 radical (unpaired) electrons. The normalized spacial score (nSPS) is 19.4. The second-order valence-electron chi connectivity index (χ2n) is 5.55. The lowest BCUT2D eigenvalue weighted by Crippen LogP contribution is -2.45. The fraction of sp³-hybridized carbons (Fsp3) is 0.438. The van der Waals surface area contributed by atoms with Crippen LogP contribution in [-0.2, 0) is 4.79 Å². The Bertz CT molecular complexity index is 543. The zero-order valence-corrected chi connectivity index (χ0v) is 13.2. The largest absolute Gasteiger partial charge is 0.478 e. The number of carboxylic acid groups (broad SMARTS) is 1. The molecule has 0 aromatic heterocycles. The molecule has 0 saturated carbocycles. The van der Waals surface area contributed by atoms with E-state index >= 15 is 0 Å². The first-order valence-corrected chi connectivity index (χ1v) is 7.47. The van der Waals surface area contributed by atoms with E-state index in [1.807, 2.05) is 12.1 Å². The number of likely N-dealkylation sites (N-methyl/N-ethyl adjacent to an activating group) is 1. The van der Waals surface area contributed by atoms with E-state index in [2.05, 4.69) is 23.9 Å². The number of hydrogen-bond donors (Lipinski definition) is 1. The highest BCUT2D eigenvalue weighted by molar-refractivity contribution is 6.32. The van der Waals surface area contributed by atoms with E-state index in [1.54, 1.807) is 12.1 Å². The smallest absolute Gasteiger partial charge is 0.328 e. The quantitative estimate of drug-likeness (QED) is 0.869. The third-order valence-electron chi connectivity index (χ3n) is 3.89. The highest BCUT2D eigenvalue weighted by Crippen LogP contribution is 2.31. The van der Waals surface area contributed by atoms with Crippen molar-refractivity contribution in [1.29, 1.82) is 0 Å². The molecule has 1 saturated heterocycles. The van der Waals surface area contributed by atoms with Gasteiger partial charge in [0, 0.05) is 41.5 Å². The number of piperidine rings is 1. The Labute approximate surface area is 130 Å². The van der Waals surface area contributed by atoms with E-state index in [-0.39, 0.29) is 0 Å². The van der Waals surface area contributed by atoms with Gasteiger partial charge in [-0.2, -0.15) is 0 Å². The summed E-state index contributed by atoms with van der Waals surface area (Å²) in [5.74, 6) is -0.967. The number of nitrogens with zero attached hydrogens (tertiary/aromatic N) is 2. The highest BCUT2D eigenvalue weighted by Gasteiger charge is 2.23. The minimum absolute atomic E-state index is 0.508. The molecule has 1 aliphatic heterocycles. The summed E-state index contributed by atoms with van der Waals surface area (Å²) in [5, 5.41) is 9.41. The van der Waals surface area contributed by atoms with Crippen LogP contribution in [0.1, 0.15) is 18.4 Å². The predicted molar refractivity (Wildman–Crippen MR) is 87.0 cm³/mol. The molecule has 1 heterocycles. The Balaban J connectivity index is 2.30. The Morgan fingerprint density at radius 3 is 2.90 bits per heavy atom. The van der Waals surface area contributed by atoms with Gasteiger partial charge in [0.15, 0.2) is 0 Å². The fourth-order valence-corrected chi connectivity index (χ4v) is 2.95. The average Bonchev–Trinajstić information content (AvgIpc) is 2.45. The molecular formula is C16H21ClN2O2. The summed E-state index contributed by atoms with van der Waals surface area (Å²) >= 11 is 6.25. The average molecular weight is 309 g/mol. The van der Waals surface area contributed by atoms with Gasteiger partial charge in [-0.1, -0.05) is 17.7 Å². The van der Waals surface area contributed by atoms with Crippen LogP contribution in [0.15, 0.2) is 24.3 Å². The summed E-state index contributed by atoms with van der Waals surface area (Å²) < 4.78 is 0. The van der Waals surface area contributed by atoms with Crippen LogP contribution in [0.4, 0.5) is 5.69 Å². The number of hydrogen-bond acceptors (Lipinski definition) is 3. The summed E-state index contributed by atoms with van der Waals surface area (Å²) in [6, 6.07) is 6.22. The summed E-state index contributed by atoms with van der Waals surface area (Å²) in [6.45, 7) is 1.90. The lowest BCUT2D eigenvalue weighted by atomic mass is 10.0. The molecule has 2 rings (SSSR count). The van der Waals surface area contributed by atoms with Gasteiger partial charge in [0.05, 0.1) is 0 Å². The maximum absolute atomic E-state index is 10.8. The molecule has 1 aromatic rings. The van der Waals surface area contributed by atoms with Crippen LogP contribution >= 0.6 is 11.6 Å². The van der Waals surface area contributed by atoms with E-state index in [9.17, 15) is 4.79 Å². The molecule has 1 fully saturated rings. The third kappa shape index (κ3) is 3.99. The molecule has 1 aliphatic rings. The van der Waals surface area contributed by atoms with Gasteiger partial charge in [-0.3, -0.25) is 0 Å². The van der Waals surface area contributed by atoms with Gasteiger partial charge in [-0.15, -0.1) is 0 Å². The summed E-state index contributed by atoms with van der Waals surface area (Å²) in [5.41, 5.74) is 1.78. The Kier molecular flexibility index (Phi) is 5.26. The number of anilines is 1. The Hall–Kier alpha value is -1.52. The fourth-order valence-electron chi connectivity index (χ4n) is 2.72. The molecule has 0 spiro atoms. The van der Waals surface area contributed by atoms with Gasteiger partial charge in [0.25, 0.3) is 0 Å². The molecule has 5 heteroatoms. The standard InChI is InChI=1S/C16H21ClN2O2/c1-18(2)12-5-4-10-19(11-12)15-7-3-6-14(17)13(15)8-9-16(20)21/h3,6-9,12H,4-5,10-11H2,1-2H3,(H,20,21). The number of carbonyl (C=O) groups is 1. The van der Waals surface area contributed by atoms with Crippen molar-refractivity contribution in [2.45, 2.75) is 18.9 Å². The molecular weight excluding hydrogens is 288 g/mol. The van der Waals surface area contributed by atoms with Crippen molar-refractivity contribution in [3.63, 3.8) is 0 Å². The maximum atomic E-state index is 10.8. The van der Waals surface area contributed by atoms with E-state index in [0.29, 0.717) is 11.1 Å². The van der Waals surface area contributed by atoms with Crippen LogP contribution in [0.3, 0.4) is 0 Å². The van der Waals surface area contributed by atoms with Gasteiger partial charge >= 0.3 is 5.97 Å². The van der Waals surface area contributed by atoms with Crippen molar-refractivity contribution in [2.75, 3.05) is 32.1 Å². The summed E-state index contributed by atoms with van der Waals surface area (Å²) in [7, 11) is 4.19. The minimum Gasteiger partial charge on any atom is -0.478 e. The van der Waals surface area contributed by atoms with Crippen molar-refractivity contribution in [2.24, 2.45) is 0 Å². The number of halogens is 1. The second-order valence-corrected chi connectivity index (χ2v) is 5.96. The predicted octanol–water partition coefficient (Wildman–Crippen LogP) is 2.97. The topological polar surface area (TPSA) is 43.8 Å². The minimum atomic E-state index is -0.967.